The number of halogens is 1. The van der Waals surface area contributed by atoms with Crippen LogP contribution in [-0.4, -0.2) is 74.1 Å². The average molecular weight is 747 g/mol. The minimum atomic E-state index is 0. The topological polar surface area (TPSA) is 83.1 Å². The number of hydrogen-bond acceptors (Lipinski definition) is 8. The number of hydrogen-bond donors (Lipinski definition) is 2. The van der Waals surface area contributed by atoms with Crippen LogP contribution in [0.3, 0.4) is 0 Å². The molecule has 0 atom stereocenters. The first-order chi connectivity index (χ1) is 24.4. The Labute approximate surface area is 315 Å². The first-order valence-electron chi connectivity index (χ1n) is 17.3. The standard InChI is InChI=1S/C22H24N2O2S.C18H22N2O2S.ClH/c1-26-19-8-6-16(7-9-19)15-24-12-10-18(11-13-24)23-22(25)21-14-17-4-2-3-5-20(17)27-21;1-22-16-6-4-14(5-7-16)13-20-10-8-15(9-11-20)19-18(21)17-3-2-12-23-17;/h2-9,14,18H,10-13,15H2,1H3,(H,23,25);2-7,12,15H,8-11,13H2,1H3,(H,19,21);1H. The van der Waals surface area contributed by atoms with E-state index in [1.165, 1.54) is 22.5 Å². The van der Waals surface area contributed by atoms with Crippen molar-refractivity contribution in [2.24, 2.45) is 0 Å². The van der Waals surface area contributed by atoms with E-state index in [0.717, 1.165) is 96.3 Å². The number of methoxy groups -OCH3 is 2. The van der Waals surface area contributed by atoms with Gasteiger partial charge in [-0.1, -0.05) is 48.5 Å². The van der Waals surface area contributed by atoms with E-state index in [-0.39, 0.29) is 36.3 Å². The lowest BCUT2D eigenvalue weighted by molar-refractivity contribution is 0.0904. The second-order valence-electron chi connectivity index (χ2n) is 12.9. The summed E-state index contributed by atoms with van der Waals surface area (Å²) in [5.41, 5.74) is 2.59. The Hall–Kier alpha value is -3.93. The van der Waals surface area contributed by atoms with Crippen molar-refractivity contribution < 1.29 is 19.1 Å². The van der Waals surface area contributed by atoms with Crippen LogP contribution in [0.15, 0.2) is 96.4 Å². The molecule has 2 aliphatic heterocycles. The van der Waals surface area contributed by atoms with Crippen LogP contribution in [0.5, 0.6) is 11.5 Å². The zero-order chi connectivity index (χ0) is 34.7. The number of thiophene rings is 2. The number of likely N-dealkylation sites (tertiary alicyclic amines) is 2. The van der Waals surface area contributed by atoms with E-state index in [1.54, 1.807) is 25.6 Å². The van der Waals surface area contributed by atoms with Crippen molar-refractivity contribution in [1.29, 1.82) is 0 Å². The molecule has 2 N–H and O–H groups in total. The Bertz CT molecular complexity index is 1770. The van der Waals surface area contributed by atoms with E-state index in [9.17, 15) is 9.59 Å². The van der Waals surface area contributed by atoms with E-state index < -0.39 is 0 Å². The molecule has 3 aromatic carbocycles. The SMILES string of the molecule is COc1ccc(CN2CCC(NC(=O)c3cc4ccccc4s3)CC2)cc1.COc1ccc(CN2CCC(NC(=O)c3cccs3)CC2)cc1.Cl. The van der Waals surface area contributed by atoms with Crippen LogP contribution in [0.25, 0.3) is 10.1 Å². The highest BCUT2D eigenvalue weighted by Crippen LogP contribution is 2.26. The van der Waals surface area contributed by atoms with Crippen molar-refractivity contribution in [3.63, 3.8) is 0 Å². The Morgan fingerprint density at radius 3 is 1.61 bits per heavy atom. The molecule has 2 aromatic heterocycles. The number of carbonyl (C=O) groups excluding carboxylic acids is 2. The van der Waals surface area contributed by atoms with Crippen LogP contribution in [0.2, 0.25) is 0 Å². The molecule has 270 valence electrons. The number of ether oxygens (including phenoxy) is 2. The van der Waals surface area contributed by atoms with Gasteiger partial charge in [0.1, 0.15) is 11.5 Å². The monoisotopic (exact) mass is 746 g/mol. The van der Waals surface area contributed by atoms with Crippen molar-refractivity contribution in [2.45, 2.75) is 50.9 Å². The number of nitrogens with zero attached hydrogens (tertiary/aromatic N) is 2. The van der Waals surface area contributed by atoms with E-state index in [0.29, 0.717) is 0 Å². The first kappa shape index (κ1) is 38.3. The maximum absolute atomic E-state index is 12.6. The Kier molecular flexibility index (Phi) is 14.3. The van der Waals surface area contributed by atoms with Gasteiger partial charge in [0, 0.05) is 56.1 Å². The normalized spacial score (nSPS) is 15.6. The second kappa shape index (κ2) is 19.1. The molecule has 8 nitrogen and oxygen atoms in total. The van der Waals surface area contributed by atoms with Crippen molar-refractivity contribution in [3.8, 4) is 11.5 Å². The van der Waals surface area contributed by atoms with Gasteiger partial charge in [0.15, 0.2) is 0 Å². The quantitative estimate of drug-likeness (QED) is 0.151. The summed E-state index contributed by atoms with van der Waals surface area (Å²) in [5, 5.41) is 9.45. The highest BCUT2D eigenvalue weighted by atomic mass is 35.5. The number of carbonyl (C=O) groups is 2. The van der Waals surface area contributed by atoms with Gasteiger partial charge in [-0.3, -0.25) is 19.4 Å². The summed E-state index contributed by atoms with van der Waals surface area (Å²) >= 11 is 3.06. The fourth-order valence-corrected chi connectivity index (χ4v) is 8.06. The second-order valence-corrected chi connectivity index (χ2v) is 14.9. The van der Waals surface area contributed by atoms with E-state index >= 15 is 0 Å². The molecular formula is C40H47ClN4O4S2. The third-order valence-corrected chi connectivity index (χ3v) is 11.4. The van der Waals surface area contributed by atoms with Gasteiger partial charge < -0.3 is 20.1 Å². The number of amides is 2. The van der Waals surface area contributed by atoms with E-state index in [1.807, 2.05) is 60.0 Å². The Balaban J connectivity index is 0.000000196. The number of fused-ring (bicyclic) bond motifs is 1. The molecule has 0 bridgehead atoms. The van der Waals surface area contributed by atoms with Gasteiger partial charge >= 0.3 is 0 Å². The van der Waals surface area contributed by atoms with Crippen LogP contribution in [0, 0.1) is 0 Å². The summed E-state index contributed by atoms with van der Waals surface area (Å²) in [7, 11) is 3.37. The molecule has 0 unspecified atom stereocenters. The summed E-state index contributed by atoms with van der Waals surface area (Å²) < 4.78 is 11.6. The lowest BCUT2D eigenvalue weighted by atomic mass is 10.0. The lowest BCUT2D eigenvalue weighted by Gasteiger charge is -2.32. The van der Waals surface area contributed by atoms with Crippen molar-refractivity contribution in [1.82, 2.24) is 20.4 Å². The van der Waals surface area contributed by atoms with Crippen LogP contribution >= 0.6 is 35.1 Å². The van der Waals surface area contributed by atoms with Gasteiger partial charge in [-0.2, -0.15) is 0 Å². The van der Waals surface area contributed by atoms with Gasteiger partial charge in [-0.05, 0) is 90.0 Å². The minimum Gasteiger partial charge on any atom is -0.497 e. The maximum Gasteiger partial charge on any atom is 0.261 e. The summed E-state index contributed by atoms with van der Waals surface area (Å²) in [6.45, 7) is 5.94. The molecule has 2 saturated heterocycles. The summed E-state index contributed by atoms with van der Waals surface area (Å²) in [5.74, 6) is 1.91. The lowest BCUT2D eigenvalue weighted by Crippen LogP contribution is -2.44. The molecule has 0 radical (unpaired) electrons. The fraction of sp³-hybridized carbons (Fsp3) is 0.350. The zero-order valence-electron chi connectivity index (χ0n) is 29.2. The van der Waals surface area contributed by atoms with Crippen molar-refractivity contribution in [2.75, 3.05) is 40.4 Å². The predicted octanol–water partition coefficient (Wildman–Crippen LogP) is 7.88. The first-order valence-corrected chi connectivity index (χ1v) is 19.0. The third-order valence-electron chi connectivity index (χ3n) is 9.37. The van der Waals surface area contributed by atoms with Gasteiger partial charge in [-0.25, -0.2) is 0 Å². The van der Waals surface area contributed by atoms with Gasteiger partial charge in [0.05, 0.1) is 24.0 Å². The van der Waals surface area contributed by atoms with Gasteiger partial charge in [-0.15, -0.1) is 35.1 Å². The summed E-state index contributed by atoms with van der Waals surface area (Å²) in [4.78, 5) is 31.2. The highest BCUT2D eigenvalue weighted by Gasteiger charge is 2.23. The average Bonchev–Trinajstić information content (AvgIpc) is 3.86. The van der Waals surface area contributed by atoms with E-state index in [4.69, 9.17) is 9.47 Å². The van der Waals surface area contributed by atoms with E-state index in [2.05, 4.69) is 56.8 Å². The molecule has 7 rings (SSSR count). The molecule has 4 heterocycles. The largest absolute Gasteiger partial charge is 0.497 e. The highest BCUT2D eigenvalue weighted by molar-refractivity contribution is 7.20. The van der Waals surface area contributed by atoms with Crippen LogP contribution in [0.4, 0.5) is 0 Å². The minimum absolute atomic E-state index is 0. The summed E-state index contributed by atoms with van der Waals surface area (Å²) in [6, 6.07) is 31.0. The smallest absolute Gasteiger partial charge is 0.261 e. The predicted molar refractivity (Wildman–Crippen MR) is 211 cm³/mol. The van der Waals surface area contributed by atoms with Crippen molar-refractivity contribution >= 4 is 57.0 Å². The molecule has 0 saturated carbocycles. The molecule has 11 heteroatoms. The Morgan fingerprint density at radius 2 is 1.16 bits per heavy atom. The van der Waals surface area contributed by atoms with Crippen LogP contribution in [-0.2, 0) is 13.1 Å². The molecular weight excluding hydrogens is 700 g/mol. The zero-order valence-corrected chi connectivity index (χ0v) is 31.7. The molecule has 0 aliphatic carbocycles. The fourth-order valence-electron chi connectivity index (χ4n) is 6.46. The number of piperidine rings is 2. The molecule has 2 fully saturated rings. The molecule has 0 spiro atoms. The number of nitrogens with one attached hydrogen (secondary N) is 2. The number of rotatable bonds is 10. The molecule has 2 amide bonds. The third kappa shape index (κ3) is 11.0. The van der Waals surface area contributed by atoms with Crippen LogP contribution < -0.4 is 20.1 Å². The molecule has 2 aliphatic rings. The molecule has 51 heavy (non-hydrogen) atoms. The summed E-state index contributed by atoms with van der Waals surface area (Å²) in [6.07, 6.45) is 4.00. The van der Waals surface area contributed by atoms with Gasteiger partial charge in [0.2, 0.25) is 0 Å². The van der Waals surface area contributed by atoms with Crippen LogP contribution in [0.1, 0.15) is 56.2 Å². The number of benzene rings is 3. The van der Waals surface area contributed by atoms with Crippen molar-refractivity contribution in [3.05, 3.63) is 117 Å². The molecule has 5 aromatic rings. The maximum atomic E-state index is 12.6. The van der Waals surface area contributed by atoms with Gasteiger partial charge in [0.25, 0.3) is 11.8 Å². The Morgan fingerprint density at radius 1 is 0.667 bits per heavy atom.